The number of aliphatic hydroxyl groups is 1. The molecule has 0 saturated carbocycles. The lowest BCUT2D eigenvalue weighted by molar-refractivity contribution is -0.125. The van der Waals surface area contributed by atoms with Crippen LogP contribution in [0.15, 0.2) is 48.8 Å². The van der Waals surface area contributed by atoms with Gasteiger partial charge in [-0.15, -0.1) is 0 Å². The standard InChI is InChI=1S/C21H28BN3O5/c1-13(2)9-18(22(29)30)24-21(28)19(14(3)26)25-20(27)17-10-16(11-23-12-17)15-7-5-4-6-8-15/h4-8,10-14,18-19,26,29-30H,9H2,1-3H3,(H,24,28)(H,25,27)/t14-,18+,19+/m1/s1. The first-order valence-corrected chi connectivity index (χ1v) is 9.85. The van der Waals surface area contributed by atoms with Crippen LogP contribution in [0.3, 0.4) is 0 Å². The fraction of sp³-hybridized carbons (Fsp3) is 0.381. The molecule has 0 fully saturated rings. The maximum absolute atomic E-state index is 12.7. The molecule has 160 valence electrons. The largest absolute Gasteiger partial charge is 0.475 e. The maximum atomic E-state index is 12.7. The van der Waals surface area contributed by atoms with Gasteiger partial charge in [-0.3, -0.25) is 14.6 Å². The van der Waals surface area contributed by atoms with E-state index in [4.69, 9.17) is 0 Å². The number of carbonyl (C=O) groups excluding carboxylic acids is 2. The van der Waals surface area contributed by atoms with Gasteiger partial charge < -0.3 is 25.8 Å². The van der Waals surface area contributed by atoms with E-state index >= 15 is 0 Å². The summed E-state index contributed by atoms with van der Waals surface area (Å²) in [7, 11) is -1.76. The summed E-state index contributed by atoms with van der Waals surface area (Å²) in [6.07, 6.45) is 2.13. The van der Waals surface area contributed by atoms with Crippen molar-refractivity contribution in [3.63, 3.8) is 0 Å². The van der Waals surface area contributed by atoms with E-state index < -0.39 is 37.0 Å². The highest BCUT2D eigenvalue weighted by Gasteiger charge is 2.32. The Bertz CT molecular complexity index is 846. The van der Waals surface area contributed by atoms with Gasteiger partial charge in [0.05, 0.1) is 17.6 Å². The number of aromatic nitrogens is 1. The quantitative estimate of drug-likeness (QED) is 0.386. The highest BCUT2D eigenvalue weighted by molar-refractivity contribution is 6.43. The molecule has 0 unspecified atom stereocenters. The lowest BCUT2D eigenvalue weighted by atomic mass is 9.75. The number of aliphatic hydroxyl groups excluding tert-OH is 1. The monoisotopic (exact) mass is 413 g/mol. The van der Waals surface area contributed by atoms with Crippen LogP contribution >= 0.6 is 0 Å². The van der Waals surface area contributed by atoms with Crippen molar-refractivity contribution in [2.75, 3.05) is 0 Å². The van der Waals surface area contributed by atoms with Crippen molar-refractivity contribution in [2.45, 2.75) is 45.3 Å². The normalized spacial score (nSPS) is 14.0. The molecule has 2 aromatic rings. The zero-order chi connectivity index (χ0) is 22.3. The molecule has 0 bridgehead atoms. The second-order valence-corrected chi connectivity index (χ2v) is 7.68. The summed E-state index contributed by atoms with van der Waals surface area (Å²) in [4.78, 5) is 29.4. The molecular weight excluding hydrogens is 385 g/mol. The van der Waals surface area contributed by atoms with Crippen LogP contribution in [0.2, 0.25) is 0 Å². The predicted molar refractivity (Wildman–Crippen MR) is 114 cm³/mol. The highest BCUT2D eigenvalue weighted by Crippen LogP contribution is 2.19. The number of benzene rings is 1. The number of nitrogens with one attached hydrogen (secondary N) is 2. The van der Waals surface area contributed by atoms with Crippen molar-refractivity contribution in [1.29, 1.82) is 0 Å². The van der Waals surface area contributed by atoms with Crippen LogP contribution < -0.4 is 10.6 Å². The zero-order valence-corrected chi connectivity index (χ0v) is 17.3. The molecule has 0 radical (unpaired) electrons. The number of hydrogen-bond acceptors (Lipinski definition) is 6. The Morgan fingerprint density at radius 3 is 2.27 bits per heavy atom. The van der Waals surface area contributed by atoms with E-state index in [-0.39, 0.29) is 11.5 Å². The topological polar surface area (TPSA) is 132 Å². The van der Waals surface area contributed by atoms with Crippen molar-refractivity contribution in [1.82, 2.24) is 15.6 Å². The van der Waals surface area contributed by atoms with Crippen LogP contribution in [-0.2, 0) is 4.79 Å². The summed E-state index contributed by atoms with van der Waals surface area (Å²) in [6, 6.07) is 9.78. The summed E-state index contributed by atoms with van der Waals surface area (Å²) < 4.78 is 0. The van der Waals surface area contributed by atoms with Gasteiger partial charge in [0.15, 0.2) is 0 Å². The number of carbonyl (C=O) groups is 2. The molecule has 2 amide bonds. The Labute approximate surface area is 176 Å². The number of pyridine rings is 1. The second kappa shape index (κ2) is 10.9. The van der Waals surface area contributed by atoms with E-state index in [1.165, 1.54) is 13.1 Å². The van der Waals surface area contributed by atoms with Crippen LogP contribution in [0.4, 0.5) is 0 Å². The third-order valence-corrected chi connectivity index (χ3v) is 4.57. The average molecular weight is 413 g/mol. The molecule has 1 heterocycles. The van der Waals surface area contributed by atoms with E-state index in [9.17, 15) is 24.7 Å². The first kappa shape index (κ1) is 23.5. The maximum Gasteiger partial charge on any atom is 0.475 e. The number of rotatable bonds is 9. The van der Waals surface area contributed by atoms with Crippen molar-refractivity contribution in [3.8, 4) is 11.1 Å². The van der Waals surface area contributed by atoms with E-state index in [1.807, 2.05) is 44.2 Å². The molecule has 8 nitrogen and oxygen atoms in total. The molecule has 5 N–H and O–H groups in total. The van der Waals surface area contributed by atoms with Gasteiger partial charge in [-0.1, -0.05) is 44.2 Å². The van der Waals surface area contributed by atoms with Crippen molar-refractivity contribution in [2.24, 2.45) is 5.92 Å². The summed E-state index contributed by atoms with van der Waals surface area (Å²) in [6.45, 7) is 5.13. The summed E-state index contributed by atoms with van der Waals surface area (Å²) in [5.74, 6) is -2.10. The van der Waals surface area contributed by atoms with E-state index in [0.717, 1.165) is 11.1 Å². The van der Waals surface area contributed by atoms with Crippen molar-refractivity contribution in [3.05, 3.63) is 54.4 Å². The zero-order valence-electron chi connectivity index (χ0n) is 17.3. The second-order valence-electron chi connectivity index (χ2n) is 7.68. The average Bonchev–Trinajstić information content (AvgIpc) is 2.71. The molecule has 0 aliphatic heterocycles. The SMILES string of the molecule is CC(C)C[C@H](NC(=O)[C@@H](NC(=O)c1cncc(-c2ccccc2)c1)[C@@H](C)O)B(O)O. The smallest absolute Gasteiger partial charge is 0.426 e. The van der Waals surface area contributed by atoms with E-state index in [2.05, 4.69) is 15.6 Å². The molecule has 1 aromatic carbocycles. The predicted octanol–water partition coefficient (Wildman–Crippen LogP) is 0.771. The summed E-state index contributed by atoms with van der Waals surface area (Å²) >= 11 is 0. The lowest BCUT2D eigenvalue weighted by Crippen LogP contribution is -2.57. The third-order valence-electron chi connectivity index (χ3n) is 4.57. The molecule has 30 heavy (non-hydrogen) atoms. The van der Waals surface area contributed by atoms with Gasteiger partial charge in [0.25, 0.3) is 5.91 Å². The van der Waals surface area contributed by atoms with Crippen LogP contribution in [0.25, 0.3) is 11.1 Å². The van der Waals surface area contributed by atoms with Gasteiger partial charge in [-0.25, -0.2) is 0 Å². The molecule has 1 aromatic heterocycles. The fourth-order valence-electron chi connectivity index (χ4n) is 3.02. The van der Waals surface area contributed by atoms with Gasteiger partial charge in [-0.05, 0) is 30.9 Å². The number of amides is 2. The Balaban J connectivity index is 2.14. The molecule has 0 aliphatic carbocycles. The Hall–Kier alpha value is -2.75. The third kappa shape index (κ3) is 6.65. The molecule has 0 saturated heterocycles. The first-order chi connectivity index (χ1) is 14.2. The summed E-state index contributed by atoms with van der Waals surface area (Å²) in [5, 5.41) is 34.1. The van der Waals surface area contributed by atoms with Gasteiger partial charge >= 0.3 is 7.12 Å². The van der Waals surface area contributed by atoms with E-state index in [0.29, 0.717) is 6.42 Å². The Kier molecular flexibility index (Phi) is 8.52. The van der Waals surface area contributed by atoms with Crippen molar-refractivity contribution >= 4 is 18.9 Å². The minimum Gasteiger partial charge on any atom is -0.426 e. The molecule has 9 heteroatoms. The molecular formula is C21H28BN3O5. The molecule has 2 rings (SSSR count). The number of hydrogen-bond donors (Lipinski definition) is 5. The first-order valence-electron chi connectivity index (χ1n) is 9.85. The van der Waals surface area contributed by atoms with Crippen LogP contribution in [0.5, 0.6) is 0 Å². The van der Waals surface area contributed by atoms with Crippen LogP contribution in [-0.4, -0.2) is 57.2 Å². The van der Waals surface area contributed by atoms with Crippen molar-refractivity contribution < 1.29 is 24.7 Å². The van der Waals surface area contributed by atoms with Gasteiger partial charge in [0.2, 0.25) is 5.91 Å². The number of nitrogens with zero attached hydrogens (tertiary/aromatic N) is 1. The Morgan fingerprint density at radius 1 is 1.03 bits per heavy atom. The van der Waals surface area contributed by atoms with Crippen LogP contribution in [0, 0.1) is 5.92 Å². The molecule has 0 aliphatic rings. The van der Waals surface area contributed by atoms with Gasteiger partial charge in [-0.2, -0.15) is 0 Å². The fourth-order valence-corrected chi connectivity index (χ4v) is 3.02. The highest BCUT2D eigenvalue weighted by atomic mass is 16.4. The summed E-state index contributed by atoms with van der Waals surface area (Å²) in [5.41, 5.74) is 1.86. The minimum atomic E-state index is -1.76. The minimum absolute atomic E-state index is 0.100. The van der Waals surface area contributed by atoms with Gasteiger partial charge in [0, 0.05) is 18.0 Å². The van der Waals surface area contributed by atoms with Crippen LogP contribution in [0.1, 0.15) is 37.6 Å². The molecule has 3 atom stereocenters. The Morgan fingerprint density at radius 2 is 1.70 bits per heavy atom. The van der Waals surface area contributed by atoms with Gasteiger partial charge in [0.1, 0.15) is 6.04 Å². The lowest BCUT2D eigenvalue weighted by Gasteiger charge is -2.25. The van der Waals surface area contributed by atoms with E-state index in [1.54, 1.807) is 12.3 Å². The molecule has 0 spiro atoms.